The van der Waals surface area contributed by atoms with E-state index in [1.165, 1.54) is 11.1 Å². The fraction of sp³-hybridized carbons (Fsp3) is 0.233. The van der Waals surface area contributed by atoms with Gasteiger partial charge in [-0.25, -0.2) is 0 Å². The lowest BCUT2D eigenvalue weighted by molar-refractivity contribution is -0.133. The van der Waals surface area contributed by atoms with E-state index in [4.69, 9.17) is 4.74 Å². The second kappa shape index (κ2) is 10.6. The normalized spacial score (nSPS) is 13.5. The molecule has 0 aliphatic carbocycles. The minimum Gasteiger partial charge on any atom is -0.484 e. The van der Waals surface area contributed by atoms with Crippen molar-refractivity contribution in [3.05, 3.63) is 96.1 Å². The van der Waals surface area contributed by atoms with Gasteiger partial charge in [-0.15, -0.1) is 10.2 Å². The standard InChI is InChI=1S/C30H30N4O2/c1-22-8-13-27(23(2)20-22)28-14-15-29(32-31-28)33-16-18-34(19-17-33)30(35)21-36-26-11-9-25(10-12-26)24-6-4-3-5-7-24/h3-15,20H,16-19,21H2,1-2H3. The number of carbonyl (C=O) groups is 1. The molecule has 6 heteroatoms. The molecule has 2 heterocycles. The van der Waals surface area contributed by atoms with Crippen LogP contribution >= 0.6 is 0 Å². The highest BCUT2D eigenvalue weighted by molar-refractivity contribution is 5.78. The summed E-state index contributed by atoms with van der Waals surface area (Å²) in [5.74, 6) is 1.53. The Hall–Kier alpha value is -4.19. The van der Waals surface area contributed by atoms with Crippen LogP contribution < -0.4 is 9.64 Å². The van der Waals surface area contributed by atoms with Crippen LogP contribution in [0.25, 0.3) is 22.4 Å². The molecule has 1 aromatic heterocycles. The molecule has 3 aromatic carbocycles. The topological polar surface area (TPSA) is 58.6 Å². The van der Waals surface area contributed by atoms with E-state index in [0.717, 1.165) is 41.3 Å². The van der Waals surface area contributed by atoms with Gasteiger partial charge in [0.15, 0.2) is 12.4 Å². The third-order valence-electron chi connectivity index (χ3n) is 6.59. The molecule has 0 radical (unpaired) electrons. The third-order valence-corrected chi connectivity index (χ3v) is 6.59. The van der Waals surface area contributed by atoms with Gasteiger partial charge in [-0.05, 0) is 54.8 Å². The summed E-state index contributed by atoms with van der Waals surface area (Å²) in [6, 6.07) is 28.4. The van der Waals surface area contributed by atoms with Crippen molar-refractivity contribution in [1.29, 1.82) is 0 Å². The smallest absolute Gasteiger partial charge is 0.260 e. The van der Waals surface area contributed by atoms with Crippen molar-refractivity contribution in [3.63, 3.8) is 0 Å². The summed E-state index contributed by atoms with van der Waals surface area (Å²) in [4.78, 5) is 16.7. The number of piperazine rings is 1. The van der Waals surface area contributed by atoms with Crippen LogP contribution in [0.15, 0.2) is 84.9 Å². The second-order valence-corrected chi connectivity index (χ2v) is 9.14. The molecule has 0 atom stereocenters. The predicted molar refractivity (Wildman–Crippen MR) is 143 cm³/mol. The van der Waals surface area contributed by atoms with Crippen molar-refractivity contribution in [1.82, 2.24) is 15.1 Å². The van der Waals surface area contributed by atoms with E-state index < -0.39 is 0 Å². The number of anilines is 1. The van der Waals surface area contributed by atoms with E-state index in [0.29, 0.717) is 18.8 Å². The van der Waals surface area contributed by atoms with Crippen molar-refractivity contribution in [2.24, 2.45) is 0 Å². The van der Waals surface area contributed by atoms with Crippen LogP contribution in [0.1, 0.15) is 11.1 Å². The van der Waals surface area contributed by atoms with Crippen molar-refractivity contribution >= 4 is 11.7 Å². The summed E-state index contributed by atoms with van der Waals surface area (Å²) >= 11 is 0. The highest BCUT2D eigenvalue weighted by Crippen LogP contribution is 2.24. The van der Waals surface area contributed by atoms with Crippen LogP contribution in [0.5, 0.6) is 5.75 Å². The van der Waals surface area contributed by atoms with Crippen LogP contribution in [0.2, 0.25) is 0 Å². The fourth-order valence-electron chi connectivity index (χ4n) is 4.53. The molecule has 5 rings (SSSR count). The average molecular weight is 479 g/mol. The van der Waals surface area contributed by atoms with Crippen LogP contribution in [0.3, 0.4) is 0 Å². The zero-order valence-corrected chi connectivity index (χ0v) is 20.7. The lowest BCUT2D eigenvalue weighted by Gasteiger charge is -2.35. The van der Waals surface area contributed by atoms with Gasteiger partial charge in [0.25, 0.3) is 5.91 Å². The summed E-state index contributed by atoms with van der Waals surface area (Å²) < 4.78 is 5.77. The van der Waals surface area contributed by atoms with Crippen LogP contribution in [0.4, 0.5) is 5.82 Å². The number of amides is 1. The molecule has 1 fully saturated rings. The Morgan fingerprint density at radius 1 is 0.806 bits per heavy atom. The Morgan fingerprint density at radius 2 is 1.53 bits per heavy atom. The first-order valence-corrected chi connectivity index (χ1v) is 12.3. The van der Waals surface area contributed by atoms with Crippen molar-refractivity contribution in [3.8, 4) is 28.1 Å². The number of aryl methyl sites for hydroxylation is 2. The lowest BCUT2D eigenvalue weighted by atomic mass is 10.0. The molecule has 0 bridgehead atoms. The zero-order chi connectivity index (χ0) is 24.9. The van der Waals surface area contributed by atoms with Gasteiger partial charge in [-0.2, -0.15) is 0 Å². The first-order chi connectivity index (χ1) is 17.6. The molecule has 0 unspecified atom stereocenters. The number of carbonyl (C=O) groups excluding carboxylic acids is 1. The van der Waals surface area contributed by atoms with Gasteiger partial charge in [0, 0.05) is 31.7 Å². The number of aromatic nitrogens is 2. The summed E-state index contributed by atoms with van der Waals surface area (Å²) in [5.41, 5.74) is 6.68. The van der Waals surface area contributed by atoms with Gasteiger partial charge in [0.1, 0.15) is 5.75 Å². The van der Waals surface area contributed by atoms with Gasteiger partial charge in [0.2, 0.25) is 0 Å². The highest BCUT2D eigenvalue weighted by Gasteiger charge is 2.22. The second-order valence-electron chi connectivity index (χ2n) is 9.14. The number of hydrogen-bond acceptors (Lipinski definition) is 5. The maximum absolute atomic E-state index is 12.7. The summed E-state index contributed by atoms with van der Waals surface area (Å²) in [6.45, 7) is 6.92. The molecule has 1 amide bonds. The number of ether oxygens (including phenoxy) is 1. The van der Waals surface area contributed by atoms with E-state index in [2.05, 4.69) is 59.3 Å². The average Bonchev–Trinajstić information content (AvgIpc) is 2.93. The molecule has 0 N–H and O–H groups in total. The maximum atomic E-state index is 12.7. The molecule has 1 aliphatic rings. The van der Waals surface area contributed by atoms with E-state index in [1.54, 1.807) is 0 Å². The number of benzene rings is 3. The van der Waals surface area contributed by atoms with Gasteiger partial charge < -0.3 is 14.5 Å². The van der Waals surface area contributed by atoms with E-state index >= 15 is 0 Å². The molecule has 0 saturated carbocycles. The van der Waals surface area contributed by atoms with Gasteiger partial charge >= 0.3 is 0 Å². The van der Waals surface area contributed by atoms with E-state index in [9.17, 15) is 4.79 Å². The molecule has 0 spiro atoms. The van der Waals surface area contributed by atoms with Crippen molar-refractivity contribution in [2.75, 3.05) is 37.7 Å². The van der Waals surface area contributed by atoms with Crippen molar-refractivity contribution in [2.45, 2.75) is 13.8 Å². The quantitative estimate of drug-likeness (QED) is 0.383. The largest absolute Gasteiger partial charge is 0.484 e. The Labute approximate surface area is 212 Å². The molecule has 1 aliphatic heterocycles. The Bertz CT molecular complexity index is 1310. The molecular formula is C30H30N4O2. The minimum atomic E-state index is -0.00179. The van der Waals surface area contributed by atoms with E-state index in [-0.39, 0.29) is 12.5 Å². The molecule has 4 aromatic rings. The van der Waals surface area contributed by atoms with Gasteiger partial charge in [-0.3, -0.25) is 4.79 Å². The van der Waals surface area contributed by atoms with Crippen LogP contribution in [-0.4, -0.2) is 53.8 Å². The Kier molecular flexibility index (Phi) is 6.94. The Balaban J connectivity index is 1.12. The number of rotatable bonds is 6. The minimum absolute atomic E-state index is 0.00179. The highest BCUT2D eigenvalue weighted by atomic mass is 16.5. The van der Waals surface area contributed by atoms with Gasteiger partial charge in [0.05, 0.1) is 5.69 Å². The molecule has 182 valence electrons. The molecular weight excluding hydrogens is 448 g/mol. The monoisotopic (exact) mass is 478 g/mol. The van der Waals surface area contributed by atoms with Crippen LogP contribution in [-0.2, 0) is 4.79 Å². The number of nitrogens with zero attached hydrogens (tertiary/aromatic N) is 4. The Morgan fingerprint density at radius 3 is 2.19 bits per heavy atom. The third kappa shape index (κ3) is 5.38. The maximum Gasteiger partial charge on any atom is 0.260 e. The molecule has 1 saturated heterocycles. The SMILES string of the molecule is Cc1ccc(-c2ccc(N3CCN(C(=O)COc4ccc(-c5ccccc5)cc4)CC3)nn2)c(C)c1. The molecule has 36 heavy (non-hydrogen) atoms. The first kappa shape index (κ1) is 23.5. The summed E-state index contributed by atoms with van der Waals surface area (Å²) in [7, 11) is 0. The fourth-order valence-corrected chi connectivity index (χ4v) is 4.53. The zero-order valence-electron chi connectivity index (χ0n) is 20.7. The summed E-state index contributed by atoms with van der Waals surface area (Å²) in [5, 5.41) is 8.93. The van der Waals surface area contributed by atoms with Gasteiger partial charge in [-0.1, -0.05) is 66.2 Å². The number of hydrogen-bond donors (Lipinski definition) is 0. The predicted octanol–water partition coefficient (Wildman–Crippen LogP) is 5.16. The van der Waals surface area contributed by atoms with E-state index in [1.807, 2.05) is 59.5 Å². The summed E-state index contributed by atoms with van der Waals surface area (Å²) in [6.07, 6.45) is 0. The van der Waals surface area contributed by atoms with Crippen LogP contribution in [0, 0.1) is 13.8 Å². The first-order valence-electron chi connectivity index (χ1n) is 12.3. The van der Waals surface area contributed by atoms with Crippen molar-refractivity contribution < 1.29 is 9.53 Å². The lowest BCUT2D eigenvalue weighted by Crippen LogP contribution is -2.50. The molecule has 6 nitrogen and oxygen atoms in total.